The van der Waals surface area contributed by atoms with Crippen LogP contribution in [0, 0.1) is 5.92 Å². The fourth-order valence-corrected chi connectivity index (χ4v) is 0.682. The van der Waals surface area contributed by atoms with Gasteiger partial charge >= 0.3 is 0 Å². The van der Waals surface area contributed by atoms with Crippen molar-refractivity contribution in [3.8, 4) is 0 Å². The molecule has 0 aliphatic carbocycles. The quantitative estimate of drug-likeness (QED) is 0.447. The average Bonchev–Trinajstić information content (AvgIpc) is 2.10. The summed E-state index contributed by atoms with van der Waals surface area (Å²) in [6.45, 7) is 6.78. The molecule has 0 heterocycles. The predicted octanol–water partition coefficient (Wildman–Crippen LogP) is 1.37. The zero-order valence-electron chi connectivity index (χ0n) is 8.21. The minimum Gasteiger partial charge on any atom is -0.355 e. The van der Waals surface area contributed by atoms with Gasteiger partial charge in [0.15, 0.2) is 0 Å². The number of rotatable bonds is 8. The van der Waals surface area contributed by atoms with Gasteiger partial charge in [-0.1, -0.05) is 20.3 Å². The Morgan fingerprint density at radius 2 is 2.08 bits per heavy atom. The molecule has 0 aliphatic rings. The monoisotopic (exact) mass is 175 g/mol. The van der Waals surface area contributed by atoms with Crippen molar-refractivity contribution in [1.29, 1.82) is 0 Å². The molecule has 0 aromatic rings. The highest BCUT2D eigenvalue weighted by molar-refractivity contribution is 4.48. The third kappa shape index (κ3) is 7.98. The highest BCUT2D eigenvalue weighted by Crippen LogP contribution is 1.93. The molecule has 0 bridgehead atoms. The second-order valence-corrected chi connectivity index (χ2v) is 3.09. The van der Waals surface area contributed by atoms with Gasteiger partial charge in [0, 0.05) is 6.61 Å². The first kappa shape index (κ1) is 11.9. The van der Waals surface area contributed by atoms with Gasteiger partial charge in [0.25, 0.3) is 0 Å². The van der Waals surface area contributed by atoms with Crippen LogP contribution in [0.25, 0.3) is 0 Å². The van der Waals surface area contributed by atoms with Crippen LogP contribution in [0.15, 0.2) is 0 Å². The molecule has 0 spiro atoms. The summed E-state index contributed by atoms with van der Waals surface area (Å²) in [5.41, 5.74) is 5.41. The van der Waals surface area contributed by atoms with Crippen LogP contribution in [0.2, 0.25) is 0 Å². The molecule has 0 unspecified atom stereocenters. The summed E-state index contributed by atoms with van der Waals surface area (Å²) in [5.74, 6) is 0.430. The minimum atomic E-state index is 0.407. The molecule has 0 fully saturated rings. The molecule has 12 heavy (non-hydrogen) atoms. The van der Waals surface area contributed by atoms with Crippen molar-refractivity contribution in [1.82, 2.24) is 0 Å². The number of nitrogens with two attached hydrogens (primary N) is 1. The lowest BCUT2D eigenvalue weighted by Crippen LogP contribution is -2.17. The van der Waals surface area contributed by atoms with E-state index in [0.29, 0.717) is 25.9 Å². The fraction of sp³-hybridized carbons (Fsp3) is 1.00. The van der Waals surface area contributed by atoms with Crippen LogP contribution in [0.5, 0.6) is 0 Å². The van der Waals surface area contributed by atoms with Crippen LogP contribution in [0.1, 0.15) is 26.7 Å². The van der Waals surface area contributed by atoms with Gasteiger partial charge in [0.1, 0.15) is 6.79 Å². The van der Waals surface area contributed by atoms with Gasteiger partial charge < -0.3 is 15.2 Å². The van der Waals surface area contributed by atoms with Crippen molar-refractivity contribution < 1.29 is 9.47 Å². The Morgan fingerprint density at radius 3 is 2.67 bits per heavy atom. The van der Waals surface area contributed by atoms with Crippen molar-refractivity contribution in [3.05, 3.63) is 0 Å². The fourth-order valence-electron chi connectivity index (χ4n) is 0.682. The largest absolute Gasteiger partial charge is 0.355 e. The van der Waals surface area contributed by atoms with E-state index in [4.69, 9.17) is 15.2 Å². The third-order valence-corrected chi connectivity index (χ3v) is 1.61. The zero-order chi connectivity index (χ0) is 9.23. The molecule has 0 saturated carbocycles. The molecule has 0 rings (SSSR count). The van der Waals surface area contributed by atoms with Gasteiger partial charge in [0.2, 0.25) is 0 Å². The standard InChI is InChI=1S/C9H21NO2/c1-3-4-5-11-8-12-7-9(2)6-10/h9H,3-8,10H2,1-2H3/t9-/m1/s1. The molecular formula is C9H21NO2. The lowest BCUT2D eigenvalue weighted by atomic mass is 10.2. The summed E-state index contributed by atoms with van der Waals surface area (Å²) in [6, 6.07) is 0. The van der Waals surface area contributed by atoms with Crippen LogP contribution in [-0.2, 0) is 9.47 Å². The van der Waals surface area contributed by atoms with E-state index in [0.717, 1.165) is 13.0 Å². The van der Waals surface area contributed by atoms with Crippen molar-refractivity contribution in [2.45, 2.75) is 26.7 Å². The first-order valence-electron chi connectivity index (χ1n) is 4.66. The average molecular weight is 175 g/mol. The first-order valence-corrected chi connectivity index (χ1v) is 4.66. The molecule has 0 radical (unpaired) electrons. The summed E-state index contributed by atoms with van der Waals surface area (Å²) in [4.78, 5) is 0. The molecule has 2 N–H and O–H groups in total. The minimum absolute atomic E-state index is 0.407. The molecule has 1 atom stereocenters. The van der Waals surface area contributed by atoms with Gasteiger partial charge in [-0.3, -0.25) is 0 Å². The SMILES string of the molecule is CCCCOCOC[C@H](C)CN. The lowest BCUT2D eigenvalue weighted by molar-refractivity contribution is -0.0627. The maximum Gasteiger partial charge on any atom is 0.146 e. The van der Waals surface area contributed by atoms with E-state index in [1.54, 1.807) is 0 Å². The Labute approximate surface area is 75.2 Å². The van der Waals surface area contributed by atoms with Gasteiger partial charge in [-0.25, -0.2) is 0 Å². The number of hydrogen-bond acceptors (Lipinski definition) is 3. The molecule has 0 saturated heterocycles. The molecular weight excluding hydrogens is 154 g/mol. The Kier molecular flexibility index (Phi) is 8.88. The van der Waals surface area contributed by atoms with E-state index >= 15 is 0 Å². The molecule has 74 valence electrons. The summed E-state index contributed by atoms with van der Waals surface area (Å²) in [6.07, 6.45) is 2.27. The molecule has 3 nitrogen and oxygen atoms in total. The zero-order valence-corrected chi connectivity index (χ0v) is 8.21. The van der Waals surface area contributed by atoms with Gasteiger partial charge in [-0.2, -0.15) is 0 Å². The van der Waals surface area contributed by atoms with E-state index < -0.39 is 0 Å². The highest BCUT2D eigenvalue weighted by Gasteiger charge is 1.97. The number of unbranched alkanes of at least 4 members (excludes halogenated alkanes) is 1. The summed E-state index contributed by atoms with van der Waals surface area (Å²) >= 11 is 0. The smallest absolute Gasteiger partial charge is 0.146 e. The molecule has 3 heteroatoms. The second-order valence-electron chi connectivity index (χ2n) is 3.09. The van der Waals surface area contributed by atoms with E-state index in [1.165, 1.54) is 6.42 Å². The van der Waals surface area contributed by atoms with Crippen LogP contribution < -0.4 is 5.73 Å². The van der Waals surface area contributed by atoms with E-state index in [2.05, 4.69) is 13.8 Å². The topological polar surface area (TPSA) is 44.5 Å². The Morgan fingerprint density at radius 1 is 1.33 bits per heavy atom. The normalized spacial score (nSPS) is 13.2. The van der Waals surface area contributed by atoms with Crippen molar-refractivity contribution in [3.63, 3.8) is 0 Å². The van der Waals surface area contributed by atoms with Crippen LogP contribution in [-0.4, -0.2) is 26.6 Å². The van der Waals surface area contributed by atoms with E-state index in [9.17, 15) is 0 Å². The Balaban J connectivity index is 2.90. The molecule has 0 amide bonds. The van der Waals surface area contributed by atoms with Gasteiger partial charge in [-0.05, 0) is 18.9 Å². The van der Waals surface area contributed by atoms with Gasteiger partial charge in [0.05, 0.1) is 6.61 Å². The molecule has 0 aromatic heterocycles. The maximum atomic E-state index is 5.41. The summed E-state index contributed by atoms with van der Waals surface area (Å²) in [5, 5.41) is 0. The van der Waals surface area contributed by atoms with Crippen molar-refractivity contribution >= 4 is 0 Å². The summed E-state index contributed by atoms with van der Waals surface area (Å²) < 4.78 is 10.4. The van der Waals surface area contributed by atoms with E-state index in [1.807, 2.05) is 0 Å². The highest BCUT2D eigenvalue weighted by atomic mass is 16.7. The first-order chi connectivity index (χ1) is 5.81. The van der Waals surface area contributed by atoms with Crippen LogP contribution >= 0.6 is 0 Å². The molecule has 0 aromatic carbocycles. The third-order valence-electron chi connectivity index (χ3n) is 1.61. The van der Waals surface area contributed by atoms with Crippen LogP contribution in [0.3, 0.4) is 0 Å². The maximum absolute atomic E-state index is 5.41. The van der Waals surface area contributed by atoms with E-state index in [-0.39, 0.29) is 0 Å². The Hall–Kier alpha value is -0.120. The lowest BCUT2D eigenvalue weighted by Gasteiger charge is -2.09. The number of ether oxygens (including phenoxy) is 2. The van der Waals surface area contributed by atoms with Crippen molar-refractivity contribution in [2.24, 2.45) is 11.7 Å². The predicted molar refractivity (Wildman–Crippen MR) is 49.9 cm³/mol. The second kappa shape index (κ2) is 8.97. The summed E-state index contributed by atoms with van der Waals surface area (Å²) in [7, 11) is 0. The van der Waals surface area contributed by atoms with Crippen molar-refractivity contribution in [2.75, 3.05) is 26.6 Å². The molecule has 0 aliphatic heterocycles. The van der Waals surface area contributed by atoms with Gasteiger partial charge in [-0.15, -0.1) is 0 Å². The van der Waals surface area contributed by atoms with Crippen LogP contribution in [0.4, 0.5) is 0 Å². The number of hydrogen-bond donors (Lipinski definition) is 1. The Bertz CT molecular complexity index is 88.6.